The number of piperazine rings is 1. The van der Waals surface area contributed by atoms with Gasteiger partial charge in [0.15, 0.2) is 11.5 Å². The molecule has 2 aromatic rings. The maximum Gasteiger partial charge on any atom is 0.409 e. The summed E-state index contributed by atoms with van der Waals surface area (Å²) in [5, 5.41) is 6.10. The summed E-state index contributed by atoms with van der Waals surface area (Å²) in [5.74, 6) is 0.577. The summed E-state index contributed by atoms with van der Waals surface area (Å²) in [6.07, 6.45) is 3.11. The average Bonchev–Trinajstić information content (AvgIpc) is 3.42. The molecule has 4 N–H and O–H groups in total. The Morgan fingerprint density at radius 1 is 0.895 bits per heavy atom. The number of fused-ring (bicyclic) bond motifs is 1. The van der Waals surface area contributed by atoms with Crippen molar-refractivity contribution in [3.63, 3.8) is 0 Å². The van der Waals surface area contributed by atoms with Crippen LogP contribution in [0.3, 0.4) is 0 Å². The van der Waals surface area contributed by atoms with Gasteiger partial charge in [0.2, 0.25) is 6.79 Å². The predicted octanol–water partition coefficient (Wildman–Crippen LogP) is 2.56. The van der Waals surface area contributed by atoms with Crippen LogP contribution in [0.4, 0.5) is 16.2 Å². The molecule has 0 bridgehead atoms. The molecule has 2 heterocycles. The number of amides is 3. The molecule has 3 aliphatic rings. The second kappa shape index (κ2) is 11.2. The molecule has 0 aromatic heterocycles. The van der Waals surface area contributed by atoms with E-state index in [4.69, 9.17) is 19.9 Å². The van der Waals surface area contributed by atoms with Crippen molar-refractivity contribution in [2.24, 2.45) is 5.73 Å². The average molecular weight is 524 g/mol. The number of methoxy groups -OCH3 is 1. The van der Waals surface area contributed by atoms with E-state index in [0.29, 0.717) is 54.5 Å². The predicted molar refractivity (Wildman–Crippen MR) is 141 cm³/mol. The van der Waals surface area contributed by atoms with Crippen molar-refractivity contribution in [1.29, 1.82) is 0 Å². The van der Waals surface area contributed by atoms with E-state index in [0.717, 1.165) is 31.4 Å². The van der Waals surface area contributed by atoms with Crippen LogP contribution >= 0.6 is 0 Å². The van der Waals surface area contributed by atoms with Crippen LogP contribution in [0.1, 0.15) is 46.4 Å². The normalized spacial score (nSPS) is 20.6. The minimum atomic E-state index is -0.364. The highest BCUT2D eigenvalue weighted by atomic mass is 16.7. The highest BCUT2D eigenvalue weighted by Crippen LogP contribution is 2.34. The molecule has 0 atom stereocenters. The lowest BCUT2D eigenvalue weighted by molar-refractivity contribution is 0.0924. The second-order valence-electron chi connectivity index (χ2n) is 9.78. The van der Waals surface area contributed by atoms with E-state index >= 15 is 0 Å². The molecule has 2 aromatic carbocycles. The molecule has 2 fully saturated rings. The Morgan fingerprint density at radius 3 is 2.32 bits per heavy atom. The highest BCUT2D eigenvalue weighted by Gasteiger charge is 2.26. The summed E-state index contributed by atoms with van der Waals surface area (Å²) in [6, 6.07) is 10.6. The van der Waals surface area contributed by atoms with Gasteiger partial charge in [-0.3, -0.25) is 9.59 Å². The van der Waals surface area contributed by atoms with Crippen molar-refractivity contribution in [3.05, 3.63) is 47.5 Å². The molecule has 2 aliphatic heterocycles. The molecule has 11 heteroatoms. The molecule has 1 saturated carbocycles. The molecule has 1 aliphatic carbocycles. The minimum absolute atomic E-state index is 0.0834. The Kier molecular flexibility index (Phi) is 7.54. The highest BCUT2D eigenvalue weighted by molar-refractivity contribution is 6.07. The van der Waals surface area contributed by atoms with Crippen LogP contribution in [0.25, 0.3) is 0 Å². The number of carbonyl (C=O) groups is 3. The summed E-state index contributed by atoms with van der Waals surface area (Å²) in [6.45, 7) is 2.18. The number of nitrogens with zero attached hydrogens (tertiary/aromatic N) is 2. The molecular weight excluding hydrogens is 490 g/mol. The van der Waals surface area contributed by atoms with Gasteiger partial charge in [0.1, 0.15) is 0 Å². The number of rotatable bonds is 5. The van der Waals surface area contributed by atoms with Gasteiger partial charge in [-0.1, -0.05) is 0 Å². The lowest BCUT2D eigenvalue weighted by Gasteiger charge is -2.36. The van der Waals surface area contributed by atoms with Crippen molar-refractivity contribution >= 4 is 29.3 Å². The number of carbonyl (C=O) groups excluding carboxylic acids is 3. The fourth-order valence-electron chi connectivity index (χ4n) is 5.08. The van der Waals surface area contributed by atoms with Gasteiger partial charge in [-0.15, -0.1) is 0 Å². The molecule has 38 heavy (non-hydrogen) atoms. The lowest BCUT2D eigenvalue weighted by atomic mass is 9.91. The molecule has 1 saturated heterocycles. The van der Waals surface area contributed by atoms with Crippen LogP contribution in [0, 0.1) is 0 Å². The van der Waals surface area contributed by atoms with Gasteiger partial charge in [-0.05, 0) is 62.1 Å². The van der Waals surface area contributed by atoms with Crippen LogP contribution in [0.15, 0.2) is 36.4 Å². The molecule has 202 valence electrons. The first kappa shape index (κ1) is 25.7. The van der Waals surface area contributed by atoms with Crippen LogP contribution in [-0.4, -0.2) is 75.0 Å². The minimum Gasteiger partial charge on any atom is -0.454 e. The zero-order valence-electron chi connectivity index (χ0n) is 21.4. The third kappa shape index (κ3) is 5.62. The zero-order chi connectivity index (χ0) is 26.6. The van der Waals surface area contributed by atoms with Gasteiger partial charge < -0.3 is 40.4 Å². The summed E-state index contributed by atoms with van der Waals surface area (Å²) in [7, 11) is 1.37. The van der Waals surface area contributed by atoms with Gasteiger partial charge in [-0.2, -0.15) is 0 Å². The molecule has 0 spiro atoms. The molecular formula is C27H33N5O6. The van der Waals surface area contributed by atoms with Gasteiger partial charge in [0.05, 0.1) is 18.5 Å². The molecule has 3 amide bonds. The number of nitrogens with one attached hydrogen (secondary N) is 2. The summed E-state index contributed by atoms with van der Waals surface area (Å²) < 4.78 is 15.6. The van der Waals surface area contributed by atoms with E-state index in [-0.39, 0.29) is 36.8 Å². The number of benzene rings is 2. The smallest absolute Gasteiger partial charge is 0.409 e. The Bertz CT molecular complexity index is 1200. The number of nitrogens with two attached hydrogens (primary N) is 1. The van der Waals surface area contributed by atoms with Crippen LogP contribution < -0.4 is 30.7 Å². The van der Waals surface area contributed by atoms with E-state index in [2.05, 4.69) is 15.5 Å². The van der Waals surface area contributed by atoms with E-state index in [1.54, 1.807) is 35.2 Å². The number of hydrogen-bond acceptors (Lipinski definition) is 8. The topological polar surface area (TPSA) is 135 Å². The summed E-state index contributed by atoms with van der Waals surface area (Å²) in [4.78, 5) is 42.0. The third-order valence-electron chi connectivity index (χ3n) is 7.30. The lowest BCUT2D eigenvalue weighted by Crippen LogP contribution is -2.49. The van der Waals surface area contributed by atoms with Gasteiger partial charge in [-0.25, -0.2) is 4.79 Å². The number of hydrogen-bond donors (Lipinski definition) is 3. The first-order chi connectivity index (χ1) is 18.4. The fourth-order valence-corrected chi connectivity index (χ4v) is 5.08. The first-order valence-electron chi connectivity index (χ1n) is 12.9. The van der Waals surface area contributed by atoms with Crippen LogP contribution in [-0.2, 0) is 4.74 Å². The quantitative estimate of drug-likeness (QED) is 0.544. The van der Waals surface area contributed by atoms with E-state index in [1.165, 1.54) is 7.11 Å². The van der Waals surface area contributed by atoms with Gasteiger partial charge >= 0.3 is 6.09 Å². The van der Waals surface area contributed by atoms with E-state index < -0.39 is 0 Å². The first-order valence-corrected chi connectivity index (χ1v) is 12.9. The van der Waals surface area contributed by atoms with Gasteiger partial charge in [0.25, 0.3) is 11.8 Å². The largest absolute Gasteiger partial charge is 0.454 e. The van der Waals surface area contributed by atoms with E-state index in [1.807, 2.05) is 6.07 Å². The van der Waals surface area contributed by atoms with Crippen molar-refractivity contribution in [3.8, 4) is 11.5 Å². The summed E-state index contributed by atoms with van der Waals surface area (Å²) >= 11 is 0. The standard InChI is InChI=1S/C27H33N5O6/c1-36-27(35)32-12-10-31(11-13-32)22-8-2-17(25(33)29-20-6-4-19(28)5-7-20)14-21(22)30-26(34)18-3-9-23-24(15-18)38-16-37-23/h2-3,8-9,14-15,19-20H,4-7,10-13,16,28H2,1H3,(H,29,33)(H,30,34). The number of ether oxygens (including phenoxy) is 3. The van der Waals surface area contributed by atoms with Crippen molar-refractivity contribution in [2.75, 3.05) is 50.3 Å². The Balaban J connectivity index is 1.36. The maximum absolute atomic E-state index is 13.3. The van der Waals surface area contributed by atoms with Crippen molar-refractivity contribution in [2.45, 2.75) is 37.8 Å². The Labute approximate surface area is 221 Å². The van der Waals surface area contributed by atoms with Crippen LogP contribution in [0.5, 0.6) is 11.5 Å². The Hall–Kier alpha value is -3.99. The molecule has 0 unspecified atom stereocenters. The van der Waals surface area contributed by atoms with Crippen LogP contribution in [0.2, 0.25) is 0 Å². The molecule has 5 rings (SSSR count). The fraction of sp³-hybridized carbons (Fsp3) is 0.444. The maximum atomic E-state index is 13.3. The monoisotopic (exact) mass is 523 g/mol. The SMILES string of the molecule is COC(=O)N1CCN(c2ccc(C(=O)NC3CCC(N)CC3)cc2NC(=O)c2ccc3c(c2)OCO3)CC1. The second-order valence-corrected chi connectivity index (χ2v) is 9.78. The molecule has 11 nitrogen and oxygen atoms in total. The summed E-state index contributed by atoms with van der Waals surface area (Å²) in [5.41, 5.74) is 8.14. The third-order valence-corrected chi connectivity index (χ3v) is 7.30. The Morgan fingerprint density at radius 2 is 1.58 bits per heavy atom. The number of anilines is 2. The van der Waals surface area contributed by atoms with Crippen molar-refractivity contribution in [1.82, 2.24) is 10.2 Å². The molecule has 0 radical (unpaired) electrons. The zero-order valence-corrected chi connectivity index (χ0v) is 21.4. The van der Waals surface area contributed by atoms with Gasteiger partial charge in [0, 0.05) is 49.4 Å². The van der Waals surface area contributed by atoms with Crippen molar-refractivity contribution < 1.29 is 28.6 Å². The van der Waals surface area contributed by atoms with E-state index in [9.17, 15) is 14.4 Å².